The number of hydrogen-bond acceptors (Lipinski definition) is 3. The van der Waals surface area contributed by atoms with Gasteiger partial charge in [0.15, 0.2) is 0 Å². The highest BCUT2D eigenvalue weighted by Crippen LogP contribution is 2.53. The fourth-order valence-electron chi connectivity index (χ4n) is 1.62. The molecule has 4 nitrogen and oxygen atoms in total. The van der Waals surface area contributed by atoms with E-state index in [0.717, 1.165) is 0 Å². The fourth-order valence-corrected chi connectivity index (χ4v) is 2.13. The van der Waals surface area contributed by atoms with Gasteiger partial charge in [0.05, 0.1) is 25.8 Å². The summed E-state index contributed by atoms with van der Waals surface area (Å²) in [6.45, 7) is 0. The number of halogens is 2. The third-order valence-corrected chi connectivity index (χ3v) is 3.64. The second kappa shape index (κ2) is 4.86. The first-order valence-corrected chi connectivity index (χ1v) is 6.14. The molecule has 0 spiro atoms. The molecular formula is C12H13Cl2NO3. The van der Waals surface area contributed by atoms with E-state index in [9.17, 15) is 4.79 Å². The van der Waals surface area contributed by atoms with Crippen molar-refractivity contribution in [3.63, 3.8) is 0 Å². The van der Waals surface area contributed by atoms with E-state index in [1.54, 1.807) is 25.3 Å². The summed E-state index contributed by atoms with van der Waals surface area (Å²) in [6, 6.07) is 5.14. The van der Waals surface area contributed by atoms with E-state index in [-0.39, 0.29) is 11.8 Å². The first kappa shape index (κ1) is 13.3. The minimum Gasteiger partial charge on any atom is -0.497 e. The second-order valence-electron chi connectivity index (χ2n) is 4.07. The van der Waals surface area contributed by atoms with Gasteiger partial charge in [-0.25, -0.2) is 0 Å². The zero-order valence-electron chi connectivity index (χ0n) is 10.00. The lowest BCUT2D eigenvalue weighted by atomic mass is 10.2. The van der Waals surface area contributed by atoms with E-state index in [0.29, 0.717) is 23.6 Å². The molecule has 1 aliphatic carbocycles. The van der Waals surface area contributed by atoms with Crippen molar-refractivity contribution in [1.29, 1.82) is 0 Å². The zero-order chi connectivity index (χ0) is 13.3. The van der Waals surface area contributed by atoms with Crippen molar-refractivity contribution in [3.8, 4) is 11.5 Å². The van der Waals surface area contributed by atoms with E-state index in [4.69, 9.17) is 32.7 Å². The Balaban J connectivity index is 2.12. The summed E-state index contributed by atoms with van der Waals surface area (Å²) < 4.78 is 9.33. The SMILES string of the molecule is COc1ccc(NC(=O)C2CC2(Cl)Cl)c(OC)c1. The van der Waals surface area contributed by atoms with Crippen molar-refractivity contribution in [2.75, 3.05) is 19.5 Å². The molecule has 1 fully saturated rings. The maximum atomic E-state index is 11.8. The Morgan fingerprint density at radius 3 is 2.56 bits per heavy atom. The largest absolute Gasteiger partial charge is 0.497 e. The van der Waals surface area contributed by atoms with E-state index in [2.05, 4.69) is 5.32 Å². The first-order chi connectivity index (χ1) is 8.47. The highest BCUT2D eigenvalue weighted by Gasteiger charge is 2.56. The number of hydrogen-bond donors (Lipinski definition) is 1. The Kier molecular flexibility index (Phi) is 3.59. The minimum atomic E-state index is -0.927. The monoisotopic (exact) mass is 289 g/mol. The van der Waals surface area contributed by atoms with Crippen LogP contribution in [0.4, 0.5) is 5.69 Å². The molecular weight excluding hydrogens is 277 g/mol. The van der Waals surface area contributed by atoms with Gasteiger partial charge in [-0.2, -0.15) is 0 Å². The standard InChI is InChI=1S/C12H13Cl2NO3/c1-17-7-3-4-9(10(5-7)18-2)15-11(16)8-6-12(8,13)14/h3-5,8H,6H2,1-2H3,(H,15,16). The molecule has 1 aliphatic rings. The topological polar surface area (TPSA) is 47.6 Å². The maximum Gasteiger partial charge on any atom is 0.230 e. The fraction of sp³-hybridized carbons (Fsp3) is 0.417. The molecule has 1 aromatic carbocycles. The van der Waals surface area contributed by atoms with Crippen LogP contribution >= 0.6 is 23.2 Å². The van der Waals surface area contributed by atoms with Crippen LogP contribution in [0.25, 0.3) is 0 Å². The number of carbonyl (C=O) groups is 1. The van der Waals surface area contributed by atoms with E-state index < -0.39 is 4.33 Å². The highest BCUT2D eigenvalue weighted by molar-refractivity contribution is 6.52. The molecule has 1 N–H and O–H groups in total. The van der Waals surface area contributed by atoms with Gasteiger partial charge in [-0.05, 0) is 18.6 Å². The summed E-state index contributed by atoms with van der Waals surface area (Å²) in [6.07, 6.45) is 0.473. The van der Waals surface area contributed by atoms with Gasteiger partial charge in [0, 0.05) is 6.07 Å². The van der Waals surface area contributed by atoms with Gasteiger partial charge in [-0.1, -0.05) is 0 Å². The molecule has 0 aliphatic heterocycles. The van der Waals surface area contributed by atoms with Crippen molar-refractivity contribution < 1.29 is 14.3 Å². The lowest BCUT2D eigenvalue weighted by Gasteiger charge is -2.11. The average molecular weight is 290 g/mol. The molecule has 98 valence electrons. The van der Waals surface area contributed by atoms with Crippen LogP contribution in [0.3, 0.4) is 0 Å². The summed E-state index contributed by atoms with van der Waals surface area (Å²) in [5.74, 6) is 0.606. The smallest absolute Gasteiger partial charge is 0.230 e. The molecule has 6 heteroatoms. The minimum absolute atomic E-state index is 0.205. The Hall–Kier alpha value is -1.13. The molecule has 1 atom stereocenters. The molecule has 1 amide bonds. The van der Waals surface area contributed by atoms with Crippen molar-refractivity contribution in [3.05, 3.63) is 18.2 Å². The van der Waals surface area contributed by atoms with Gasteiger partial charge >= 0.3 is 0 Å². The molecule has 1 saturated carbocycles. The van der Waals surface area contributed by atoms with Gasteiger partial charge in [-0.15, -0.1) is 23.2 Å². The van der Waals surface area contributed by atoms with Crippen LogP contribution in [0.15, 0.2) is 18.2 Å². The number of alkyl halides is 2. The van der Waals surface area contributed by atoms with Crippen LogP contribution in [-0.2, 0) is 4.79 Å². The Morgan fingerprint density at radius 1 is 1.39 bits per heavy atom. The van der Waals surface area contributed by atoms with Crippen LogP contribution < -0.4 is 14.8 Å². The number of nitrogens with one attached hydrogen (secondary N) is 1. The third kappa shape index (κ3) is 2.65. The van der Waals surface area contributed by atoms with E-state index >= 15 is 0 Å². The summed E-state index contributed by atoms with van der Waals surface area (Å²) >= 11 is 11.7. The molecule has 18 heavy (non-hydrogen) atoms. The summed E-state index contributed by atoms with van der Waals surface area (Å²) in [5, 5.41) is 2.74. The van der Waals surface area contributed by atoms with Gasteiger partial charge in [0.1, 0.15) is 15.8 Å². The van der Waals surface area contributed by atoms with Crippen LogP contribution in [0.5, 0.6) is 11.5 Å². The van der Waals surface area contributed by atoms with Crippen molar-refractivity contribution in [2.24, 2.45) is 5.92 Å². The molecule has 0 radical (unpaired) electrons. The Morgan fingerprint density at radius 2 is 2.06 bits per heavy atom. The lowest BCUT2D eigenvalue weighted by Crippen LogP contribution is -2.17. The average Bonchev–Trinajstić information content (AvgIpc) is 2.99. The normalized spacial score (nSPS) is 20.1. The molecule has 1 aromatic rings. The predicted molar refractivity (Wildman–Crippen MR) is 70.7 cm³/mol. The van der Waals surface area contributed by atoms with Gasteiger partial charge in [0.25, 0.3) is 0 Å². The number of methoxy groups -OCH3 is 2. The number of carbonyl (C=O) groups excluding carboxylic acids is 1. The highest BCUT2D eigenvalue weighted by atomic mass is 35.5. The summed E-state index contributed by atoms with van der Waals surface area (Å²) in [4.78, 5) is 11.8. The summed E-state index contributed by atoms with van der Waals surface area (Å²) in [5.41, 5.74) is 0.569. The number of benzene rings is 1. The van der Waals surface area contributed by atoms with E-state index in [1.165, 1.54) is 7.11 Å². The van der Waals surface area contributed by atoms with Gasteiger partial charge < -0.3 is 14.8 Å². The zero-order valence-corrected chi connectivity index (χ0v) is 11.5. The first-order valence-electron chi connectivity index (χ1n) is 5.38. The van der Waals surface area contributed by atoms with Gasteiger partial charge in [0.2, 0.25) is 5.91 Å². The van der Waals surface area contributed by atoms with Crippen molar-refractivity contribution >= 4 is 34.8 Å². The molecule has 0 heterocycles. The number of ether oxygens (including phenoxy) is 2. The lowest BCUT2D eigenvalue weighted by molar-refractivity contribution is -0.117. The van der Waals surface area contributed by atoms with Crippen LogP contribution in [-0.4, -0.2) is 24.5 Å². The Bertz CT molecular complexity index is 476. The maximum absolute atomic E-state index is 11.8. The molecule has 0 bridgehead atoms. The van der Waals surface area contributed by atoms with E-state index in [1.807, 2.05) is 0 Å². The number of anilines is 1. The number of amides is 1. The molecule has 0 aromatic heterocycles. The predicted octanol–water partition coefficient (Wildman–Crippen LogP) is 2.84. The van der Waals surface area contributed by atoms with Crippen LogP contribution in [0.1, 0.15) is 6.42 Å². The number of rotatable bonds is 4. The summed E-state index contributed by atoms with van der Waals surface area (Å²) in [7, 11) is 3.08. The second-order valence-corrected chi connectivity index (χ2v) is 5.62. The molecule has 1 unspecified atom stereocenters. The van der Waals surface area contributed by atoms with Crippen molar-refractivity contribution in [1.82, 2.24) is 0 Å². The van der Waals surface area contributed by atoms with Crippen LogP contribution in [0.2, 0.25) is 0 Å². The van der Waals surface area contributed by atoms with Crippen molar-refractivity contribution in [2.45, 2.75) is 10.8 Å². The quantitative estimate of drug-likeness (QED) is 0.867. The Labute approximate surface area is 115 Å². The third-order valence-electron chi connectivity index (χ3n) is 2.81. The molecule has 0 saturated heterocycles. The van der Waals surface area contributed by atoms with Gasteiger partial charge in [-0.3, -0.25) is 4.79 Å². The molecule has 2 rings (SSSR count). The van der Waals surface area contributed by atoms with Crippen LogP contribution in [0, 0.1) is 5.92 Å².